The molecule has 1 aliphatic rings. The van der Waals surface area contributed by atoms with Gasteiger partial charge >= 0.3 is 0 Å². The van der Waals surface area contributed by atoms with Crippen LogP contribution in [0.3, 0.4) is 0 Å². The van der Waals surface area contributed by atoms with Gasteiger partial charge in [0.25, 0.3) is 11.7 Å². The Morgan fingerprint density at radius 1 is 0.969 bits per heavy atom. The molecule has 6 heteroatoms. The number of ketones is 1. The molecule has 0 aliphatic carbocycles. The number of aliphatic hydroxyl groups excluding tert-OH is 1. The number of rotatable bonds is 3. The fourth-order valence-electron chi connectivity index (χ4n) is 4.20. The third-order valence-corrected chi connectivity index (χ3v) is 5.69. The monoisotopic (exact) mass is 425 g/mol. The Morgan fingerprint density at radius 3 is 2.53 bits per heavy atom. The summed E-state index contributed by atoms with van der Waals surface area (Å²) in [6.07, 6.45) is 1.43. The minimum atomic E-state index is -1.03. The number of aromatic hydroxyl groups is 1. The number of aliphatic hydroxyl groups is 1. The van der Waals surface area contributed by atoms with Crippen LogP contribution in [-0.4, -0.2) is 21.9 Å². The minimum absolute atomic E-state index is 0.0952. The molecule has 0 saturated carbocycles. The summed E-state index contributed by atoms with van der Waals surface area (Å²) in [5, 5.41) is 23.5. The van der Waals surface area contributed by atoms with Crippen molar-refractivity contribution in [3.8, 4) is 5.75 Å². The summed E-state index contributed by atoms with van der Waals surface area (Å²) < 4.78 is 5.57. The maximum absolute atomic E-state index is 13.2. The first-order valence-electron chi connectivity index (χ1n) is 10.1. The summed E-state index contributed by atoms with van der Waals surface area (Å²) in [5.74, 6) is -1.85. The third kappa shape index (κ3) is 2.96. The van der Waals surface area contributed by atoms with E-state index >= 15 is 0 Å². The quantitative estimate of drug-likeness (QED) is 0.272. The van der Waals surface area contributed by atoms with Crippen molar-refractivity contribution in [3.63, 3.8) is 0 Å². The maximum Gasteiger partial charge on any atom is 0.300 e. The van der Waals surface area contributed by atoms with Crippen LogP contribution in [0.2, 0.25) is 0 Å². The number of furan rings is 1. The topological polar surface area (TPSA) is 91.0 Å². The van der Waals surface area contributed by atoms with Crippen molar-refractivity contribution in [1.29, 1.82) is 0 Å². The average molecular weight is 425 g/mol. The lowest BCUT2D eigenvalue weighted by Gasteiger charge is -2.24. The molecule has 1 amide bonds. The zero-order valence-electron chi connectivity index (χ0n) is 17.1. The van der Waals surface area contributed by atoms with Crippen molar-refractivity contribution in [3.05, 3.63) is 102 Å². The van der Waals surface area contributed by atoms with Crippen LogP contribution in [0.15, 0.2) is 89.0 Å². The van der Waals surface area contributed by atoms with Gasteiger partial charge in [0, 0.05) is 5.56 Å². The van der Waals surface area contributed by atoms with Gasteiger partial charge in [0.05, 0.1) is 17.5 Å². The average Bonchev–Trinajstić information content (AvgIpc) is 3.42. The maximum atomic E-state index is 13.2. The number of fused-ring (bicyclic) bond motifs is 1. The Labute approximate surface area is 183 Å². The Morgan fingerprint density at radius 2 is 1.75 bits per heavy atom. The molecule has 1 atom stereocenters. The highest BCUT2D eigenvalue weighted by Gasteiger charge is 2.49. The van der Waals surface area contributed by atoms with E-state index in [0.717, 1.165) is 16.3 Å². The van der Waals surface area contributed by atoms with Gasteiger partial charge < -0.3 is 14.6 Å². The summed E-state index contributed by atoms with van der Waals surface area (Å²) >= 11 is 0. The van der Waals surface area contributed by atoms with E-state index in [4.69, 9.17) is 4.42 Å². The second-order valence-electron chi connectivity index (χ2n) is 7.70. The van der Waals surface area contributed by atoms with Crippen LogP contribution in [0, 0.1) is 6.92 Å². The Hall–Kier alpha value is -4.32. The Kier molecular flexibility index (Phi) is 4.56. The van der Waals surface area contributed by atoms with Gasteiger partial charge in [-0.15, -0.1) is 0 Å². The van der Waals surface area contributed by atoms with Gasteiger partial charge in [-0.2, -0.15) is 0 Å². The molecule has 1 aromatic heterocycles. The summed E-state index contributed by atoms with van der Waals surface area (Å²) in [6, 6.07) is 19.9. The van der Waals surface area contributed by atoms with E-state index in [9.17, 15) is 19.8 Å². The van der Waals surface area contributed by atoms with Gasteiger partial charge in [0.1, 0.15) is 23.3 Å². The van der Waals surface area contributed by atoms with Crippen LogP contribution in [0.5, 0.6) is 5.75 Å². The highest BCUT2D eigenvalue weighted by Crippen LogP contribution is 2.45. The van der Waals surface area contributed by atoms with Crippen LogP contribution in [0.1, 0.15) is 22.9 Å². The molecule has 4 aromatic rings. The summed E-state index contributed by atoms with van der Waals surface area (Å²) in [7, 11) is 0. The molecule has 5 rings (SSSR count). The van der Waals surface area contributed by atoms with Gasteiger partial charge in [-0.05, 0) is 47.5 Å². The molecule has 158 valence electrons. The lowest BCUT2D eigenvalue weighted by Crippen LogP contribution is -2.29. The number of carbonyl (C=O) groups is 2. The lowest BCUT2D eigenvalue weighted by atomic mass is 9.96. The largest absolute Gasteiger partial charge is 0.507 e. The predicted molar refractivity (Wildman–Crippen MR) is 120 cm³/mol. The smallest absolute Gasteiger partial charge is 0.300 e. The molecule has 1 aliphatic heterocycles. The van der Waals surface area contributed by atoms with Gasteiger partial charge in [0.2, 0.25) is 0 Å². The van der Waals surface area contributed by atoms with E-state index in [1.807, 2.05) is 37.3 Å². The highest BCUT2D eigenvalue weighted by molar-refractivity contribution is 6.52. The number of phenols is 1. The van der Waals surface area contributed by atoms with Crippen LogP contribution in [0.25, 0.3) is 16.5 Å². The fraction of sp³-hybridized carbons (Fsp3) is 0.0769. The normalized spacial score (nSPS) is 17.9. The molecule has 1 fully saturated rings. The van der Waals surface area contributed by atoms with E-state index in [1.54, 1.807) is 36.4 Å². The van der Waals surface area contributed by atoms with Crippen molar-refractivity contribution in [2.75, 3.05) is 4.90 Å². The molecule has 3 aromatic carbocycles. The van der Waals surface area contributed by atoms with Gasteiger partial charge in [-0.1, -0.05) is 48.5 Å². The molecular weight excluding hydrogens is 406 g/mol. The number of hydrogen-bond acceptors (Lipinski definition) is 5. The standard InChI is InChI=1S/C26H19NO5/c1-15-11-12-20(28)19(14-15)27-23(21-10-5-13-32-21)22(25(30)26(27)31)24(29)18-9-4-7-16-6-2-3-8-17(16)18/h2-14,23,28-29H,1H3/b24-22-. The summed E-state index contributed by atoms with van der Waals surface area (Å²) in [5.41, 5.74) is 1.31. The zero-order valence-corrected chi connectivity index (χ0v) is 17.1. The number of Topliss-reactive ketones (excluding diaryl/α,β-unsaturated/α-hetero) is 1. The van der Waals surface area contributed by atoms with Crippen molar-refractivity contribution < 1.29 is 24.2 Å². The number of carbonyl (C=O) groups excluding carboxylic acids is 2. The molecule has 1 saturated heterocycles. The number of phenolic OH excluding ortho intramolecular Hbond substituents is 1. The second kappa shape index (κ2) is 7.42. The number of nitrogens with zero attached hydrogens (tertiary/aromatic N) is 1. The van der Waals surface area contributed by atoms with E-state index in [2.05, 4.69) is 0 Å². The first kappa shape index (κ1) is 19.6. The predicted octanol–water partition coefficient (Wildman–Crippen LogP) is 5.07. The van der Waals surface area contributed by atoms with E-state index in [-0.39, 0.29) is 22.8 Å². The summed E-state index contributed by atoms with van der Waals surface area (Å²) in [4.78, 5) is 27.6. The molecule has 0 radical (unpaired) electrons. The lowest BCUT2D eigenvalue weighted by molar-refractivity contribution is -0.132. The second-order valence-corrected chi connectivity index (χ2v) is 7.70. The van der Waals surface area contributed by atoms with Crippen molar-refractivity contribution in [2.45, 2.75) is 13.0 Å². The SMILES string of the molecule is Cc1ccc(O)c(N2C(=O)C(=O)/C(=C(\O)c3cccc4ccccc34)C2c2ccco2)c1. The number of hydrogen-bond donors (Lipinski definition) is 2. The minimum Gasteiger partial charge on any atom is -0.507 e. The van der Waals surface area contributed by atoms with Gasteiger partial charge in [0.15, 0.2) is 0 Å². The van der Waals surface area contributed by atoms with Gasteiger partial charge in [-0.25, -0.2) is 0 Å². The Balaban J connectivity index is 1.78. The molecule has 1 unspecified atom stereocenters. The molecule has 0 bridgehead atoms. The number of benzene rings is 3. The summed E-state index contributed by atoms with van der Waals surface area (Å²) in [6.45, 7) is 1.82. The number of anilines is 1. The fourth-order valence-corrected chi connectivity index (χ4v) is 4.20. The van der Waals surface area contributed by atoms with Crippen molar-refractivity contribution in [1.82, 2.24) is 0 Å². The van der Waals surface area contributed by atoms with Crippen LogP contribution >= 0.6 is 0 Å². The van der Waals surface area contributed by atoms with E-state index in [0.29, 0.717) is 11.3 Å². The third-order valence-electron chi connectivity index (χ3n) is 5.69. The first-order chi connectivity index (χ1) is 15.5. The first-order valence-corrected chi connectivity index (χ1v) is 10.1. The van der Waals surface area contributed by atoms with E-state index in [1.165, 1.54) is 17.2 Å². The molecule has 0 spiro atoms. The molecule has 2 N–H and O–H groups in total. The zero-order chi connectivity index (χ0) is 22.4. The van der Waals surface area contributed by atoms with Crippen LogP contribution in [-0.2, 0) is 9.59 Å². The molecule has 6 nitrogen and oxygen atoms in total. The molecular formula is C26H19NO5. The molecule has 32 heavy (non-hydrogen) atoms. The Bertz CT molecular complexity index is 1400. The van der Waals surface area contributed by atoms with Crippen molar-refractivity contribution in [2.24, 2.45) is 0 Å². The number of amides is 1. The van der Waals surface area contributed by atoms with E-state index < -0.39 is 17.7 Å². The van der Waals surface area contributed by atoms with Crippen molar-refractivity contribution >= 4 is 33.9 Å². The van der Waals surface area contributed by atoms with Crippen LogP contribution in [0.4, 0.5) is 5.69 Å². The van der Waals surface area contributed by atoms with Gasteiger partial charge in [-0.3, -0.25) is 14.5 Å². The number of aryl methyl sites for hydroxylation is 1. The molecule has 2 heterocycles. The highest BCUT2D eigenvalue weighted by atomic mass is 16.3. The van der Waals surface area contributed by atoms with Crippen LogP contribution < -0.4 is 4.90 Å².